The Morgan fingerprint density at radius 1 is 1.29 bits per heavy atom. The van der Waals surface area contributed by atoms with Crippen LogP contribution in [0, 0.1) is 12.8 Å². The van der Waals surface area contributed by atoms with Crippen molar-refractivity contribution in [1.82, 2.24) is 15.5 Å². The van der Waals surface area contributed by atoms with E-state index >= 15 is 0 Å². The predicted molar refractivity (Wildman–Crippen MR) is 90.7 cm³/mol. The van der Waals surface area contributed by atoms with Gasteiger partial charge in [0, 0.05) is 12.8 Å². The van der Waals surface area contributed by atoms with Gasteiger partial charge in [0.2, 0.25) is 11.8 Å². The number of carbonyl (C=O) groups is 1. The van der Waals surface area contributed by atoms with E-state index in [-0.39, 0.29) is 11.9 Å². The van der Waals surface area contributed by atoms with Crippen LogP contribution in [0.15, 0.2) is 28.8 Å². The van der Waals surface area contributed by atoms with Crippen LogP contribution in [-0.2, 0) is 11.2 Å². The first-order valence-electron chi connectivity index (χ1n) is 8.22. The number of hydrogen-bond donors (Lipinski definition) is 1. The molecule has 0 unspecified atom stereocenters. The van der Waals surface area contributed by atoms with E-state index in [1.54, 1.807) is 14.0 Å². The predicted octanol–water partition coefficient (Wildman–Crippen LogP) is 3.22. The average Bonchev–Trinajstić information content (AvgIpc) is 2.98. The fourth-order valence-corrected chi connectivity index (χ4v) is 2.53. The number of hydrogen-bond acceptors (Lipinski definition) is 5. The molecule has 0 bridgehead atoms. The first-order chi connectivity index (χ1) is 11.5. The van der Waals surface area contributed by atoms with Crippen LogP contribution in [0.2, 0.25) is 0 Å². The number of methoxy groups -OCH3 is 1. The number of carbonyl (C=O) groups excluding carboxylic acids is 1. The lowest BCUT2D eigenvalue weighted by Gasteiger charge is -2.23. The topological polar surface area (TPSA) is 77.2 Å². The Kier molecular flexibility index (Phi) is 6.35. The number of nitrogens with zero attached hydrogens (tertiary/aromatic N) is 2. The molecule has 1 aromatic heterocycles. The summed E-state index contributed by atoms with van der Waals surface area (Å²) in [6.07, 6.45) is 1.73. The van der Waals surface area contributed by atoms with Gasteiger partial charge in [-0.2, -0.15) is 4.98 Å². The molecule has 0 spiro atoms. The highest BCUT2D eigenvalue weighted by atomic mass is 16.5. The van der Waals surface area contributed by atoms with Crippen LogP contribution in [0.25, 0.3) is 0 Å². The zero-order valence-corrected chi connectivity index (χ0v) is 14.7. The van der Waals surface area contributed by atoms with Gasteiger partial charge in [-0.05, 0) is 37.0 Å². The molecule has 24 heavy (non-hydrogen) atoms. The van der Waals surface area contributed by atoms with Crippen LogP contribution in [0.3, 0.4) is 0 Å². The number of aryl methyl sites for hydroxylation is 2. The van der Waals surface area contributed by atoms with Crippen molar-refractivity contribution in [2.45, 2.75) is 46.1 Å². The molecule has 6 nitrogen and oxygen atoms in total. The van der Waals surface area contributed by atoms with Gasteiger partial charge in [-0.1, -0.05) is 31.1 Å². The SMILES string of the molecule is COc1ccc([C@@H](NC(=O)CCCc2nc(C)no2)C(C)C)cc1. The summed E-state index contributed by atoms with van der Waals surface area (Å²) in [7, 11) is 1.64. The summed E-state index contributed by atoms with van der Waals surface area (Å²) in [6.45, 7) is 5.97. The van der Waals surface area contributed by atoms with Crippen LogP contribution < -0.4 is 10.1 Å². The van der Waals surface area contributed by atoms with E-state index in [9.17, 15) is 4.79 Å². The molecule has 0 aliphatic carbocycles. The third-order valence-corrected chi connectivity index (χ3v) is 3.82. The monoisotopic (exact) mass is 331 g/mol. The lowest BCUT2D eigenvalue weighted by atomic mass is 9.95. The number of ether oxygens (including phenoxy) is 1. The van der Waals surface area contributed by atoms with Crippen LogP contribution in [0.5, 0.6) is 5.75 Å². The van der Waals surface area contributed by atoms with Crippen LogP contribution in [0.1, 0.15) is 50.0 Å². The molecule has 0 saturated heterocycles. The number of rotatable bonds is 8. The van der Waals surface area contributed by atoms with Gasteiger partial charge >= 0.3 is 0 Å². The molecule has 0 aliphatic rings. The van der Waals surface area contributed by atoms with Gasteiger partial charge in [-0.15, -0.1) is 0 Å². The molecule has 2 rings (SSSR count). The molecule has 1 heterocycles. The van der Waals surface area contributed by atoms with E-state index in [4.69, 9.17) is 9.26 Å². The molecule has 6 heteroatoms. The summed E-state index contributed by atoms with van der Waals surface area (Å²) in [4.78, 5) is 16.4. The smallest absolute Gasteiger partial charge is 0.226 e. The third kappa shape index (κ3) is 5.08. The maximum absolute atomic E-state index is 12.2. The Morgan fingerprint density at radius 2 is 2.00 bits per heavy atom. The van der Waals surface area contributed by atoms with Gasteiger partial charge in [-0.25, -0.2) is 0 Å². The zero-order valence-electron chi connectivity index (χ0n) is 14.7. The molecule has 0 fully saturated rings. The Bertz CT molecular complexity index is 650. The Hall–Kier alpha value is -2.37. The van der Waals surface area contributed by atoms with E-state index in [1.165, 1.54) is 0 Å². The molecule has 0 saturated carbocycles. The van der Waals surface area contributed by atoms with Gasteiger partial charge in [0.1, 0.15) is 5.75 Å². The van der Waals surface area contributed by atoms with Crippen molar-refractivity contribution < 1.29 is 14.1 Å². The molecule has 1 N–H and O–H groups in total. The molecule has 1 atom stereocenters. The molecular weight excluding hydrogens is 306 g/mol. The summed E-state index contributed by atoms with van der Waals surface area (Å²) in [6, 6.07) is 7.79. The van der Waals surface area contributed by atoms with Gasteiger partial charge in [0.05, 0.1) is 13.2 Å². The van der Waals surface area contributed by atoms with E-state index in [1.807, 2.05) is 24.3 Å². The normalized spacial score (nSPS) is 12.2. The Morgan fingerprint density at radius 3 is 2.54 bits per heavy atom. The quantitative estimate of drug-likeness (QED) is 0.803. The first kappa shape index (κ1) is 18.0. The summed E-state index contributed by atoms with van der Waals surface area (Å²) in [5.41, 5.74) is 1.08. The molecule has 0 radical (unpaired) electrons. The summed E-state index contributed by atoms with van der Waals surface area (Å²) < 4.78 is 10.2. The highest BCUT2D eigenvalue weighted by molar-refractivity contribution is 5.76. The fourth-order valence-electron chi connectivity index (χ4n) is 2.53. The van der Waals surface area contributed by atoms with Crippen molar-refractivity contribution in [3.8, 4) is 5.75 Å². The van der Waals surface area contributed by atoms with Crippen molar-refractivity contribution in [3.05, 3.63) is 41.5 Å². The maximum atomic E-state index is 12.2. The molecule has 1 amide bonds. The second-order valence-electron chi connectivity index (χ2n) is 6.15. The van der Waals surface area contributed by atoms with E-state index in [2.05, 4.69) is 29.3 Å². The van der Waals surface area contributed by atoms with E-state index in [0.717, 1.165) is 11.3 Å². The minimum absolute atomic E-state index is 0.0194. The summed E-state index contributed by atoms with van der Waals surface area (Å²) in [5.74, 6) is 2.33. The number of nitrogens with one attached hydrogen (secondary N) is 1. The molecular formula is C18H25N3O3. The second kappa shape index (κ2) is 8.47. The largest absolute Gasteiger partial charge is 0.497 e. The second-order valence-corrected chi connectivity index (χ2v) is 6.15. The minimum atomic E-state index is -0.0194. The van der Waals surface area contributed by atoms with Crippen LogP contribution in [-0.4, -0.2) is 23.2 Å². The number of amides is 1. The van der Waals surface area contributed by atoms with Crippen LogP contribution in [0.4, 0.5) is 0 Å². The average molecular weight is 331 g/mol. The maximum Gasteiger partial charge on any atom is 0.226 e. The lowest BCUT2D eigenvalue weighted by Crippen LogP contribution is -2.31. The van der Waals surface area contributed by atoms with E-state index in [0.29, 0.717) is 36.9 Å². The zero-order chi connectivity index (χ0) is 17.5. The fraction of sp³-hybridized carbons (Fsp3) is 0.500. The standard InChI is InChI=1S/C18H25N3O3/c1-12(2)18(14-8-10-15(23-4)11-9-14)20-16(22)6-5-7-17-19-13(3)21-24-17/h8-12,18H,5-7H2,1-4H3,(H,20,22)/t18-/m0/s1. The first-order valence-corrected chi connectivity index (χ1v) is 8.22. The lowest BCUT2D eigenvalue weighted by molar-refractivity contribution is -0.122. The van der Waals surface area contributed by atoms with Gasteiger partial charge in [-0.3, -0.25) is 4.79 Å². The molecule has 2 aromatic rings. The summed E-state index contributed by atoms with van der Waals surface area (Å²) >= 11 is 0. The molecule has 0 aliphatic heterocycles. The Balaban J connectivity index is 1.88. The molecule has 1 aromatic carbocycles. The van der Waals surface area contributed by atoms with E-state index < -0.39 is 0 Å². The van der Waals surface area contributed by atoms with Gasteiger partial charge < -0.3 is 14.6 Å². The third-order valence-electron chi connectivity index (χ3n) is 3.82. The number of aromatic nitrogens is 2. The highest BCUT2D eigenvalue weighted by Gasteiger charge is 2.18. The molecule has 130 valence electrons. The Labute approximate surface area is 142 Å². The van der Waals surface area contributed by atoms with Crippen molar-refractivity contribution in [1.29, 1.82) is 0 Å². The van der Waals surface area contributed by atoms with Gasteiger partial charge in [0.15, 0.2) is 5.82 Å². The minimum Gasteiger partial charge on any atom is -0.497 e. The van der Waals surface area contributed by atoms with Crippen LogP contribution >= 0.6 is 0 Å². The van der Waals surface area contributed by atoms with Crippen molar-refractivity contribution >= 4 is 5.91 Å². The highest BCUT2D eigenvalue weighted by Crippen LogP contribution is 2.24. The van der Waals surface area contributed by atoms with Crippen molar-refractivity contribution in [2.24, 2.45) is 5.92 Å². The summed E-state index contributed by atoms with van der Waals surface area (Å²) in [5, 5.41) is 6.86. The number of benzene rings is 1. The van der Waals surface area contributed by atoms with Crippen molar-refractivity contribution in [2.75, 3.05) is 7.11 Å². The van der Waals surface area contributed by atoms with Gasteiger partial charge in [0.25, 0.3) is 0 Å². The van der Waals surface area contributed by atoms with Crippen molar-refractivity contribution in [3.63, 3.8) is 0 Å².